The van der Waals surface area contributed by atoms with Crippen LogP contribution in [0.15, 0.2) is 12.2 Å². The van der Waals surface area contributed by atoms with E-state index in [0.29, 0.717) is 0 Å². The largest absolute Gasteiger partial charge is 0.390 e. The highest BCUT2D eigenvalue weighted by atomic mass is 16.3. The van der Waals surface area contributed by atoms with Gasteiger partial charge in [-0.1, -0.05) is 25.5 Å². The minimum absolute atomic E-state index is 0.373. The minimum Gasteiger partial charge on any atom is -0.390 e. The van der Waals surface area contributed by atoms with Crippen molar-refractivity contribution in [1.82, 2.24) is 0 Å². The van der Waals surface area contributed by atoms with E-state index in [0.717, 1.165) is 38.5 Å². The highest BCUT2D eigenvalue weighted by Crippen LogP contribution is 2.27. The second-order valence-electron chi connectivity index (χ2n) is 3.54. The van der Waals surface area contributed by atoms with E-state index in [2.05, 4.69) is 19.1 Å². The highest BCUT2D eigenvalue weighted by Gasteiger charge is 2.24. The second kappa shape index (κ2) is 3.91. The third kappa shape index (κ3) is 2.66. The van der Waals surface area contributed by atoms with Crippen molar-refractivity contribution in [3.63, 3.8) is 0 Å². The molecule has 11 heavy (non-hydrogen) atoms. The molecular formula is C10H18O. The minimum atomic E-state index is -0.373. The fraction of sp³-hybridized carbons (Fsp3) is 0.800. The lowest BCUT2D eigenvalue weighted by Gasteiger charge is -2.25. The zero-order valence-corrected chi connectivity index (χ0v) is 7.34. The van der Waals surface area contributed by atoms with Crippen molar-refractivity contribution in [2.45, 2.75) is 51.0 Å². The lowest BCUT2D eigenvalue weighted by Crippen LogP contribution is -2.26. The van der Waals surface area contributed by atoms with Crippen molar-refractivity contribution in [3.8, 4) is 0 Å². The van der Waals surface area contributed by atoms with Gasteiger partial charge in [-0.25, -0.2) is 0 Å². The average Bonchev–Trinajstić information content (AvgIpc) is 2.15. The molecule has 0 aromatic carbocycles. The molecule has 0 fully saturated rings. The topological polar surface area (TPSA) is 20.2 Å². The van der Waals surface area contributed by atoms with Crippen LogP contribution in [0, 0.1) is 0 Å². The Morgan fingerprint density at radius 3 is 3.00 bits per heavy atom. The zero-order valence-electron chi connectivity index (χ0n) is 7.34. The molecule has 0 amide bonds. The van der Waals surface area contributed by atoms with Gasteiger partial charge in [-0.15, -0.1) is 0 Å². The first kappa shape index (κ1) is 8.79. The Kier molecular flexibility index (Phi) is 3.13. The van der Waals surface area contributed by atoms with Crippen molar-refractivity contribution in [3.05, 3.63) is 12.2 Å². The van der Waals surface area contributed by atoms with Gasteiger partial charge in [0.05, 0.1) is 5.60 Å². The van der Waals surface area contributed by atoms with Gasteiger partial charge >= 0.3 is 0 Å². The van der Waals surface area contributed by atoms with Gasteiger partial charge in [-0.3, -0.25) is 0 Å². The average molecular weight is 154 g/mol. The van der Waals surface area contributed by atoms with Crippen LogP contribution in [0.25, 0.3) is 0 Å². The summed E-state index contributed by atoms with van der Waals surface area (Å²) in [5, 5.41) is 10.0. The maximum Gasteiger partial charge on any atom is 0.0682 e. The maximum absolute atomic E-state index is 10.0. The molecule has 1 aliphatic rings. The number of allylic oxidation sites excluding steroid dienone is 1. The van der Waals surface area contributed by atoms with E-state index in [1.165, 1.54) is 0 Å². The van der Waals surface area contributed by atoms with Gasteiger partial charge in [0.15, 0.2) is 0 Å². The van der Waals surface area contributed by atoms with Crippen LogP contribution < -0.4 is 0 Å². The summed E-state index contributed by atoms with van der Waals surface area (Å²) in [4.78, 5) is 0. The molecule has 0 saturated heterocycles. The summed E-state index contributed by atoms with van der Waals surface area (Å²) >= 11 is 0. The van der Waals surface area contributed by atoms with E-state index in [9.17, 15) is 5.11 Å². The normalized spacial score (nSPS) is 31.8. The fourth-order valence-electron chi connectivity index (χ4n) is 1.76. The van der Waals surface area contributed by atoms with E-state index in [1.807, 2.05) is 0 Å². The first-order valence-electron chi connectivity index (χ1n) is 4.64. The number of aliphatic hydroxyl groups is 1. The summed E-state index contributed by atoms with van der Waals surface area (Å²) in [7, 11) is 0. The van der Waals surface area contributed by atoms with Crippen LogP contribution in [-0.4, -0.2) is 10.7 Å². The van der Waals surface area contributed by atoms with Crippen molar-refractivity contribution in [2.24, 2.45) is 0 Å². The lowest BCUT2D eigenvalue weighted by molar-refractivity contribution is 0.0250. The van der Waals surface area contributed by atoms with E-state index < -0.39 is 0 Å². The lowest BCUT2D eigenvalue weighted by atomic mass is 9.90. The van der Waals surface area contributed by atoms with Crippen LogP contribution in [0.1, 0.15) is 45.4 Å². The molecule has 64 valence electrons. The molecule has 0 saturated carbocycles. The molecule has 1 aliphatic carbocycles. The molecule has 1 unspecified atom stereocenters. The maximum atomic E-state index is 10.0. The van der Waals surface area contributed by atoms with Gasteiger partial charge in [0.2, 0.25) is 0 Å². The number of rotatable bonds is 2. The molecule has 0 spiro atoms. The predicted molar refractivity (Wildman–Crippen MR) is 47.5 cm³/mol. The van der Waals surface area contributed by atoms with Crippen molar-refractivity contribution in [2.75, 3.05) is 0 Å². The molecular weight excluding hydrogens is 136 g/mol. The van der Waals surface area contributed by atoms with Gasteiger partial charge in [0.1, 0.15) is 0 Å². The second-order valence-corrected chi connectivity index (χ2v) is 3.54. The fourth-order valence-corrected chi connectivity index (χ4v) is 1.76. The first-order valence-corrected chi connectivity index (χ1v) is 4.64. The molecule has 1 nitrogen and oxygen atoms in total. The van der Waals surface area contributed by atoms with Gasteiger partial charge in [-0.2, -0.15) is 0 Å². The third-order valence-corrected chi connectivity index (χ3v) is 2.39. The van der Waals surface area contributed by atoms with Gasteiger partial charge in [-0.05, 0) is 32.1 Å². The molecule has 0 bridgehead atoms. The standard InChI is InChI=1S/C10H18O/c1-2-7-10(11)8-5-3-4-6-9-10/h3,5,11H,2,4,6-9H2,1H3. The highest BCUT2D eigenvalue weighted by molar-refractivity contribution is 4.95. The number of hydrogen-bond acceptors (Lipinski definition) is 1. The van der Waals surface area contributed by atoms with Crippen molar-refractivity contribution < 1.29 is 5.11 Å². The molecule has 1 atom stereocenters. The van der Waals surface area contributed by atoms with Crippen LogP contribution in [0.2, 0.25) is 0 Å². The Labute approximate surface area is 69.1 Å². The summed E-state index contributed by atoms with van der Waals surface area (Å²) < 4.78 is 0. The molecule has 0 aromatic rings. The summed E-state index contributed by atoms with van der Waals surface area (Å²) in [6, 6.07) is 0. The third-order valence-electron chi connectivity index (χ3n) is 2.39. The summed E-state index contributed by atoms with van der Waals surface area (Å²) in [5.74, 6) is 0. The monoisotopic (exact) mass is 154 g/mol. The van der Waals surface area contributed by atoms with E-state index in [1.54, 1.807) is 0 Å². The van der Waals surface area contributed by atoms with Crippen molar-refractivity contribution >= 4 is 0 Å². The Morgan fingerprint density at radius 2 is 2.27 bits per heavy atom. The first-order chi connectivity index (χ1) is 5.27. The molecule has 1 rings (SSSR count). The summed E-state index contributed by atoms with van der Waals surface area (Å²) in [5.41, 5.74) is -0.373. The smallest absolute Gasteiger partial charge is 0.0682 e. The predicted octanol–water partition coefficient (Wildman–Crippen LogP) is 2.65. The Morgan fingerprint density at radius 1 is 1.45 bits per heavy atom. The molecule has 0 aliphatic heterocycles. The quantitative estimate of drug-likeness (QED) is 0.606. The Hall–Kier alpha value is -0.300. The van der Waals surface area contributed by atoms with Crippen LogP contribution in [0.4, 0.5) is 0 Å². The van der Waals surface area contributed by atoms with Gasteiger partial charge < -0.3 is 5.11 Å². The van der Waals surface area contributed by atoms with Gasteiger partial charge in [0.25, 0.3) is 0 Å². The van der Waals surface area contributed by atoms with E-state index in [-0.39, 0.29) is 5.60 Å². The van der Waals surface area contributed by atoms with E-state index >= 15 is 0 Å². The molecule has 0 heterocycles. The zero-order chi connectivity index (χ0) is 8.16. The van der Waals surface area contributed by atoms with Gasteiger partial charge in [0, 0.05) is 0 Å². The van der Waals surface area contributed by atoms with Crippen molar-refractivity contribution in [1.29, 1.82) is 0 Å². The Bertz CT molecular complexity index is 140. The molecule has 1 heteroatoms. The van der Waals surface area contributed by atoms with Crippen LogP contribution in [0.5, 0.6) is 0 Å². The number of hydrogen-bond donors (Lipinski definition) is 1. The molecule has 1 N–H and O–H groups in total. The summed E-state index contributed by atoms with van der Waals surface area (Å²) in [6.45, 7) is 2.13. The van der Waals surface area contributed by atoms with Crippen LogP contribution in [0.3, 0.4) is 0 Å². The summed E-state index contributed by atoms with van der Waals surface area (Å²) in [6.07, 6.45) is 10.5. The van der Waals surface area contributed by atoms with Crippen LogP contribution >= 0.6 is 0 Å². The van der Waals surface area contributed by atoms with E-state index in [4.69, 9.17) is 0 Å². The van der Waals surface area contributed by atoms with Crippen LogP contribution in [-0.2, 0) is 0 Å². The molecule has 0 radical (unpaired) electrons. The molecule has 0 aromatic heterocycles. The SMILES string of the molecule is CCCC1(O)CC=CCCC1. The Balaban J connectivity index is 2.46.